The molecule has 0 atom stereocenters. The molecule has 0 spiro atoms. The van der Waals surface area contributed by atoms with Crippen LogP contribution >= 0.6 is 0 Å². The lowest BCUT2D eigenvalue weighted by atomic mass is 10.2. The largest absolute Gasteiger partial charge is 0.383 e. The average molecular weight is 330 g/mol. The van der Waals surface area contributed by atoms with Crippen LogP contribution in [0.2, 0.25) is 0 Å². The first-order valence-electron chi connectivity index (χ1n) is 7.98. The Morgan fingerprint density at radius 2 is 2.08 bits per heavy atom. The average Bonchev–Trinajstić information content (AvgIpc) is 2.64. The van der Waals surface area contributed by atoms with Gasteiger partial charge in [-0.15, -0.1) is 5.10 Å². The van der Waals surface area contributed by atoms with E-state index < -0.39 is 0 Å². The van der Waals surface area contributed by atoms with Crippen molar-refractivity contribution < 1.29 is 9.47 Å². The summed E-state index contributed by atoms with van der Waals surface area (Å²) < 4.78 is 10.4. The van der Waals surface area contributed by atoms with Gasteiger partial charge in [0.2, 0.25) is 5.95 Å². The highest BCUT2D eigenvalue weighted by Gasteiger charge is 2.14. The van der Waals surface area contributed by atoms with E-state index in [2.05, 4.69) is 36.8 Å². The standard InChI is InChI=1S/C16H22N6O2/c1-23-9-6-17-16-20-15(12-18-21-16)19-13-4-2-3-5-14(13)22-7-10-24-11-8-22/h2-5,12H,6-11H2,1H3,(H2,17,19,20,21). The van der Waals surface area contributed by atoms with Crippen molar-refractivity contribution in [3.63, 3.8) is 0 Å². The van der Waals surface area contributed by atoms with Crippen LogP contribution in [0, 0.1) is 0 Å². The normalized spacial score (nSPS) is 14.5. The third-order valence-corrected chi connectivity index (χ3v) is 3.67. The third-order valence-electron chi connectivity index (χ3n) is 3.67. The van der Waals surface area contributed by atoms with Crippen LogP contribution in [0.1, 0.15) is 0 Å². The molecular weight excluding hydrogens is 308 g/mol. The molecule has 1 aliphatic heterocycles. The molecule has 0 saturated carbocycles. The fourth-order valence-electron chi connectivity index (χ4n) is 2.50. The van der Waals surface area contributed by atoms with Crippen molar-refractivity contribution in [3.8, 4) is 0 Å². The lowest BCUT2D eigenvalue weighted by Crippen LogP contribution is -2.36. The number of rotatable bonds is 7. The molecule has 8 nitrogen and oxygen atoms in total. The monoisotopic (exact) mass is 330 g/mol. The highest BCUT2D eigenvalue weighted by atomic mass is 16.5. The van der Waals surface area contributed by atoms with Gasteiger partial charge < -0.3 is 25.0 Å². The molecule has 0 radical (unpaired) electrons. The Labute approximate surface area is 141 Å². The zero-order valence-electron chi connectivity index (χ0n) is 13.7. The highest BCUT2D eigenvalue weighted by molar-refractivity contribution is 5.74. The fraction of sp³-hybridized carbons (Fsp3) is 0.438. The van der Waals surface area contributed by atoms with Crippen molar-refractivity contribution in [1.82, 2.24) is 15.2 Å². The third kappa shape index (κ3) is 4.30. The molecule has 8 heteroatoms. The molecule has 128 valence electrons. The van der Waals surface area contributed by atoms with Gasteiger partial charge in [-0.05, 0) is 12.1 Å². The fourth-order valence-corrected chi connectivity index (χ4v) is 2.50. The van der Waals surface area contributed by atoms with Crippen molar-refractivity contribution in [2.75, 3.05) is 62.1 Å². The first kappa shape index (κ1) is 16.4. The molecule has 1 saturated heterocycles. The molecule has 1 aromatic heterocycles. The van der Waals surface area contributed by atoms with Gasteiger partial charge in [0.05, 0.1) is 37.4 Å². The maximum atomic E-state index is 5.43. The number of para-hydroxylation sites is 2. The Morgan fingerprint density at radius 3 is 2.92 bits per heavy atom. The summed E-state index contributed by atoms with van der Waals surface area (Å²) in [6.45, 7) is 4.47. The van der Waals surface area contributed by atoms with Gasteiger partial charge in [0.25, 0.3) is 0 Å². The summed E-state index contributed by atoms with van der Waals surface area (Å²) in [5.74, 6) is 1.12. The zero-order valence-corrected chi connectivity index (χ0v) is 13.7. The Balaban J connectivity index is 1.72. The summed E-state index contributed by atoms with van der Waals surface area (Å²) in [6.07, 6.45) is 1.61. The van der Waals surface area contributed by atoms with Gasteiger partial charge in [0.1, 0.15) is 0 Å². The van der Waals surface area contributed by atoms with E-state index in [0.29, 0.717) is 24.9 Å². The molecule has 1 fully saturated rings. The molecule has 1 aromatic carbocycles. The maximum absolute atomic E-state index is 5.43. The number of anilines is 4. The van der Waals surface area contributed by atoms with Crippen LogP contribution in [0.15, 0.2) is 30.5 Å². The Hall–Kier alpha value is -2.45. The molecule has 0 aliphatic carbocycles. The molecule has 0 amide bonds. The van der Waals surface area contributed by atoms with Crippen molar-refractivity contribution in [2.45, 2.75) is 0 Å². The van der Waals surface area contributed by atoms with Crippen LogP contribution in [-0.2, 0) is 9.47 Å². The predicted molar refractivity (Wildman–Crippen MR) is 92.9 cm³/mol. The second-order valence-corrected chi connectivity index (χ2v) is 5.33. The van der Waals surface area contributed by atoms with E-state index in [9.17, 15) is 0 Å². The lowest BCUT2D eigenvalue weighted by Gasteiger charge is -2.30. The smallest absolute Gasteiger partial charge is 0.244 e. The van der Waals surface area contributed by atoms with E-state index in [-0.39, 0.29) is 0 Å². The van der Waals surface area contributed by atoms with Crippen molar-refractivity contribution in [2.24, 2.45) is 0 Å². The van der Waals surface area contributed by atoms with E-state index in [1.165, 1.54) is 0 Å². The van der Waals surface area contributed by atoms with Crippen molar-refractivity contribution >= 4 is 23.1 Å². The summed E-state index contributed by atoms with van der Waals surface area (Å²) in [6, 6.07) is 8.16. The van der Waals surface area contributed by atoms with Crippen LogP contribution < -0.4 is 15.5 Å². The van der Waals surface area contributed by atoms with Gasteiger partial charge in [-0.3, -0.25) is 0 Å². The second kappa shape index (κ2) is 8.42. The molecule has 0 bridgehead atoms. The first-order valence-corrected chi connectivity index (χ1v) is 7.98. The molecule has 2 N–H and O–H groups in total. The minimum absolute atomic E-state index is 0.473. The summed E-state index contributed by atoms with van der Waals surface area (Å²) in [5, 5.41) is 14.4. The zero-order chi connectivity index (χ0) is 16.6. The van der Waals surface area contributed by atoms with E-state index in [0.717, 1.165) is 37.7 Å². The number of hydrogen-bond donors (Lipinski definition) is 2. The SMILES string of the molecule is COCCNc1nncc(Nc2ccccc2N2CCOCC2)n1. The topological polar surface area (TPSA) is 84.4 Å². The van der Waals surface area contributed by atoms with Crippen LogP contribution in [0.25, 0.3) is 0 Å². The minimum atomic E-state index is 0.473. The Morgan fingerprint density at radius 1 is 1.25 bits per heavy atom. The van der Waals surface area contributed by atoms with Gasteiger partial charge in [-0.1, -0.05) is 12.1 Å². The maximum Gasteiger partial charge on any atom is 0.244 e. The van der Waals surface area contributed by atoms with Gasteiger partial charge >= 0.3 is 0 Å². The molecule has 2 aromatic rings. The van der Waals surface area contributed by atoms with E-state index in [1.807, 2.05) is 18.2 Å². The van der Waals surface area contributed by atoms with E-state index >= 15 is 0 Å². The van der Waals surface area contributed by atoms with E-state index in [4.69, 9.17) is 9.47 Å². The van der Waals surface area contributed by atoms with Crippen molar-refractivity contribution in [3.05, 3.63) is 30.5 Å². The number of aromatic nitrogens is 3. The molecule has 1 aliphatic rings. The molecule has 24 heavy (non-hydrogen) atoms. The number of hydrogen-bond acceptors (Lipinski definition) is 8. The van der Waals surface area contributed by atoms with Crippen LogP contribution in [-0.4, -0.2) is 61.7 Å². The molecular formula is C16H22N6O2. The number of ether oxygens (including phenoxy) is 2. The van der Waals surface area contributed by atoms with E-state index in [1.54, 1.807) is 13.3 Å². The van der Waals surface area contributed by atoms with Crippen LogP contribution in [0.5, 0.6) is 0 Å². The minimum Gasteiger partial charge on any atom is -0.383 e. The quantitative estimate of drug-likeness (QED) is 0.739. The number of methoxy groups -OCH3 is 1. The molecule has 3 rings (SSSR count). The van der Waals surface area contributed by atoms with Gasteiger partial charge in [0, 0.05) is 26.7 Å². The number of benzene rings is 1. The summed E-state index contributed by atoms with van der Waals surface area (Å²) in [7, 11) is 1.65. The number of nitrogens with one attached hydrogen (secondary N) is 2. The number of morpholine rings is 1. The van der Waals surface area contributed by atoms with Crippen molar-refractivity contribution in [1.29, 1.82) is 0 Å². The summed E-state index contributed by atoms with van der Waals surface area (Å²) >= 11 is 0. The Kier molecular flexibility index (Phi) is 5.75. The molecule has 0 unspecified atom stereocenters. The molecule has 2 heterocycles. The summed E-state index contributed by atoms with van der Waals surface area (Å²) in [5.41, 5.74) is 2.12. The first-order chi connectivity index (χ1) is 11.9. The van der Waals surface area contributed by atoms with Gasteiger partial charge in [0.15, 0.2) is 5.82 Å². The van der Waals surface area contributed by atoms with Gasteiger partial charge in [-0.25, -0.2) is 0 Å². The second-order valence-electron chi connectivity index (χ2n) is 5.33. The summed E-state index contributed by atoms with van der Waals surface area (Å²) in [4.78, 5) is 6.74. The van der Waals surface area contributed by atoms with Gasteiger partial charge in [-0.2, -0.15) is 10.1 Å². The lowest BCUT2D eigenvalue weighted by molar-refractivity contribution is 0.123. The van der Waals surface area contributed by atoms with Crippen LogP contribution in [0.3, 0.4) is 0 Å². The number of nitrogens with zero attached hydrogens (tertiary/aromatic N) is 4. The highest BCUT2D eigenvalue weighted by Crippen LogP contribution is 2.28. The Bertz CT molecular complexity index is 648. The van der Waals surface area contributed by atoms with Crippen LogP contribution in [0.4, 0.5) is 23.1 Å². The predicted octanol–water partition coefficient (Wildman–Crippen LogP) is 1.51.